The highest BCUT2D eigenvalue weighted by Crippen LogP contribution is 2.42. The Morgan fingerprint density at radius 3 is 2.51 bits per heavy atom. The van der Waals surface area contributed by atoms with Gasteiger partial charge in [-0.3, -0.25) is 9.59 Å². The molecule has 5 rings (SSSR count). The maximum Gasteiger partial charge on any atom is 0.272 e. The number of hydrogen-bond donors (Lipinski definition) is 0. The number of thiophene rings is 1. The zero-order valence-corrected chi connectivity index (χ0v) is 24.6. The highest BCUT2D eigenvalue weighted by Gasteiger charge is 2.36. The first-order chi connectivity index (χ1) is 18.9. The Hall–Kier alpha value is -2.74. The van der Waals surface area contributed by atoms with Crippen LogP contribution in [-0.4, -0.2) is 48.9 Å². The molecule has 0 unspecified atom stereocenters. The van der Waals surface area contributed by atoms with E-state index < -0.39 is 0 Å². The summed E-state index contributed by atoms with van der Waals surface area (Å²) in [6.07, 6.45) is 4.20. The molecule has 39 heavy (non-hydrogen) atoms. The summed E-state index contributed by atoms with van der Waals surface area (Å²) in [5.74, 6) is 0.844. The van der Waals surface area contributed by atoms with Gasteiger partial charge in [0.25, 0.3) is 5.91 Å². The molecule has 0 N–H and O–H groups in total. The Morgan fingerprint density at radius 2 is 1.79 bits per heavy atom. The molecule has 206 valence electrons. The predicted molar refractivity (Wildman–Crippen MR) is 160 cm³/mol. The lowest BCUT2D eigenvalue weighted by Crippen LogP contribution is -2.44. The number of nitrogens with zero attached hydrogens (tertiary/aromatic N) is 3. The summed E-state index contributed by atoms with van der Waals surface area (Å²) in [6, 6.07) is 13.9. The van der Waals surface area contributed by atoms with Gasteiger partial charge in [-0.2, -0.15) is 0 Å². The van der Waals surface area contributed by atoms with Crippen LogP contribution in [0.3, 0.4) is 0 Å². The molecule has 0 atom stereocenters. The van der Waals surface area contributed by atoms with Crippen LogP contribution in [0.5, 0.6) is 11.5 Å². The molecule has 3 aromatic rings. The molecule has 9 heteroatoms. The van der Waals surface area contributed by atoms with E-state index in [0.717, 1.165) is 36.4 Å². The average Bonchev–Trinajstić information content (AvgIpc) is 3.69. The van der Waals surface area contributed by atoms with Crippen LogP contribution in [0.1, 0.15) is 54.8 Å². The summed E-state index contributed by atoms with van der Waals surface area (Å²) in [5, 5.41) is 2.71. The maximum absolute atomic E-state index is 13.8. The second-order valence-corrected chi connectivity index (χ2v) is 11.7. The van der Waals surface area contributed by atoms with Crippen LogP contribution in [0.2, 0.25) is 10.0 Å². The minimum atomic E-state index is -0.0900. The van der Waals surface area contributed by atoms with Crippen molar-refractivity contribution in [3.05, 3.63) is 68.3 Å². The highest BCUT2D eigenvalue weighted by atomic mass is 35.5. The third kappa shape index (κ3) is 6.06. The number of benzene rings is 2. The van der Waals surface area contributed by atoms with E-state index in [1.807, 2.05) is 40.3 Å². The van der Waals surface area contributed by atoms with Gasteiger partial charge in [0.1, 0.15) is 10.6 Å². The van der Waals surface area contributed by atoms with E-state index in [-0.39, 0.29) is 11.8 Å². The molecular formula is C30H33Cl2N3O3S. The van der Waals surface area contributed by atoms with Gasteiger partial charge in [-0.1, -0.05) is 42.3 Å². The van der Waals surface area contributed by atoms with Gasteiger partial charge in [0, 0.05) is 49.7 Å². The zero-order chi connectivity index (χ0) is 27.5. The molecule has 0 spiro atoms. The molecule has 1 aliphatic carbocycles. The summed E-state index contributed by atoms with van der Waals surface area (Å²) >= 11 is 14.5. The van der Waals surface area contributed by atoms with Gasteiger partial charge in [0.2, 0.25) is 5.91 Å². The van der Waals surface area contributed by atoms with Gasteiger partial charge in [0.15, 0.2) is 5.75 Å². The minimum Gasteiger partial charge on any atom is -0.454 e. The molecule has 0 bridgehead atoms. The number of hydrogen-bond acceptors (Lipinski definition) is 5. The number of anilines is 2. The van der Waals surface area contributed by atoms with Crippen molar-refractivity contribution in [3.8, 4) is 11.5 Å². The molecular weight excluding hydrogens is 553 g/mol. The van der Waals surface area contributed by atoms with Crippen molar-refractivity contribution in [3.63, 3.8) is 0 Å². The van der Waals surface area contributed by atoms with Crippen molar-refractivity contribution in [2.24, 2.45) is 0 Å². The average molecular weight is 587 g/mol. The van der Waals surface area contributed by atoms with Crippen LogP contribution < -0.4 is 14.5 Å². The summed E-state index contributed by atoms with van der Waals surface area (Å²) in [6.45, 7) is 6.93. The Bertz CT molecular complexity index is 1360. The first kappa shape index (κ1) is 27.8. The van der Waals surface area contributed by atoms with Crippen LogP contribution in [0.4, 0.5) is 11.4 Å². The number of carbonyl (C=O) groups is 2. The van der Waals surface area contributed by atoms with E-state index in [9.17, 15) is 9.59 Å². The van der Waals surface area contributed by atoms with Crippen LogP contribution in [0.25, 0.3) is 0 Å². The fourth-order valence-corrected chi connectivity index (χ4v) is 6.34. The van der Waals surface area contributed by atoms with Crippen LogP contribution in [-0.2, 0) is 11.2 Å². The lowest BCUT2D eigenvalue weighted by molar-refractivity contribution is -0.131. The lowest BCUT2D eigenvalue weighted by Gasteiger charge is -2.37. The topological polar surface area (TPSA) is 53.1 Å². The third-order valence-corrected chi connectivity index (χ3v) is 8.79. The van der Waals surface area contributed by atoms with Crippen molar-refractivity contribution >= 4 is 57.7 Å². The standard InChI is InChI=1S/C30H33Cl2N3O3S/c1-3-14-33(4-2)28(36)12-9-20-18-23(32)27(19-22(20)31)38-26-13-17-39-29(26)30(37)35-16-15-34(21-10-11-21)24-7-5-6-8-25(24)35/h5-8,13,17-19,21H,3-4,9-12,14-16H2,1-2H3. The second kappa shape index (κ2) is 12.2. The fourth-order valence-electron chi connectivity index (χ4n) is 5.10. The maximum atomic E-state index is 13.8. The SMILES string of the molecule is CCCN(CC)C(=O)CCc1cc(Cl)c(Oc2ccsc2C(=O)N2CCN(C3CC3)c3ccccc32)cc1Cl. The number of amides is 2. The quantitative estimate of drug-likeness (QED) is 0.245. The van der Waals surface area contributed by atoms with Crippen molar-refractivity contribution in [1.82, 2.24) is 4.90 Å². The second-order valence-electron chi connectivity index (χ2n) is 9.93. The Labute approximate surface area is 244 Å². The number of carbonyl (C=O) groups excluding carboxylic acids is 2. The van der Waals surface area contributed by atoms with Gasteiger partial charge in [-0.25, -0.2) is 0 Å². The molecule has 1 aromatic heterocycles. The van der Waals surface area contributed by atoms with Crippen molar-refractivity contribution < 1.29 is 14.3 Å². The predicted octanol–water partition coefficient (Wildman–Crippen LogP) is 7.67. The molecule has 0 saturated heterocycles. The fraction of sp³-hybridized carbons (Fsp3) is 0.400. The first-order valence-corrected chi connectivity index (χ1v) is 15.2. The number of halogens is 2. The van der Waals surface area contributed by atoms with Crippen LogP contribution >= 0.6 is 34.5 Å². The molecule has 1 saturated carbocycles. The normalized spacial score (nSPS) is 14.8. The Balaban J connectivity index is 1.31. The van der Waals surface area contributed by atoms with Gasteiger partial charge in [-0.05, 0) is 67.8 Å². The molecule has 0 radical (unpaired) electrons. The molecule has 2 amide bonds. The van der Waals surface area contributed by atoms with E-state index in [0.29, 0.717) is 58.4 Å². The molecule has 1 fully saturated rings. The van der Waals surface area contributed by atoms with E-state index >= 15 is 0 Å². The monoisotopic (exact) mass is 585 g/mol. The van der Waals surface area contributed by atoms with Crippen molar-refractivity contribution in [1.29, 1.82) is 0 Å². The Morgan fingerprint density at radius 1 is 1.03 bits per heavy atom. The summed E-state index contributed by atoms with van der Waals surface area (Å²) < 4.78 is 6.16. The van der Waals surface area contributed by atoms with Gasteiger partial charge in [-0.15, -0.1) is 11.3 Å². The van der Waals surface area contributed by atoms with Crippen molar-refractivity contribution in [2.75, 3.05) is 36.0 Å². The minimum absolute atomic E-state index is 0.0900. The van der Waals surface area contributed by atoms with Crippen LogP contribution in [0.15, 0.2) is 47.8 Å². The number of aryl methyl sites for hydroxylation is 1. The highest BCUT2D eigenvalue weighted by molar-refractivity contribution is 7.12. The summed E-state index contributed by atoms with van der Waals surface area (Å²) in [4.78, 5) is 33.0. The van der Waals surface area contributed by atoms with Crippen LogP contribution in [0, 0.1) is 0 Å². The number of rotatable bonds is 10. The largest absolute Gasteiger partial charge is 0.454 e. The van der Waals surface area contributed by atoms with E-state index in [2.05, 4.69) is 17.9 Å². The third-order valence-electron chi connectivity index (χ3n) is 7.26. The summed E-state index contributed by atoms with van der Waals surface area (Å²) in [7, 11) is 0. The van der Waals surface area contributed by atoms with Gasteiger partial charge in [0.05, 0.1) is 16.4 Å². The van der Waals surface area contributed by atoms with Gasteiger partial charge < -0.3 is 19.4 Å². The number of para-hydroxylation sites is 2. The number of fused-ring (bicyclic) bond motifs is 1. The molecule has 2 aliphatic rings. The summed E-state index contributed by atoms with van der Waals surface area (Å²) in [5.41, 5.74) is 2.83. The zero-order valence-electron chi connectivity index (χ0n) is 22.3. The lowest BCUT2D eigenvalue weighted by atomic mass is 10.1. The molecule has 6 nitrogen and oxygen atoms in total. The van der Waals surface area contributed by atoms with Crippen molar-refractivity contribution in [2.45, 2.75) is 52.0 Å². The molecule has 2 heterocycles. The first-order valence-electron chi connectivity index (χ1n) is 13.6. The van der Waals surface area contributed by atoms with E-state index in [1.54, 1.807) is 18.2 Å². The Kier molecular flexibility index (Phi) is 8.70. The van der Waals surface area contributed by atoms with Gasteiger partial charge >= 0.3 is 0 Å². The number of ether oxygens (including phenoxy) is 1. The molecule has 2 aromatic carbocycles. The molecule has 1 aliphatic heterocycles. The van der Waals surface area contributed by atoms with E-state index in [4.69, 9.17) is 27.9 Å². The van der Waals surface area contributed by atoms with E-state index in [1.165, 1.54) is 24.2 Å². The smallest absolute Gasteiger partial charge is 0.272 e.